The lowest BCUT2D eigenvalue weighted by atomic mass is 10.0. The highest BCUT2D eigenvalue weighted by atomic mass is 16.4. The van der Waals surface area contributed by atoms with Crippen LogP contribution in [0.3, 0.4) is 0 Å². The summed E-state index contributed by atoms with van der Waals surface area (Å²) in [5.74, 6) is -0.939. The van der Waals surface area contributed by atoms with E-state index in [2.05, 4.69) is 42.8 Å². The van der Waals surface area contributed by atoms with E-state index >= 15 is 0 Å². The fourth-order valence-corrected chi connectivity index (χ4v) is 5.12. The minimum atomic E-state index is -0.939. The molecule has 34 heavy (non-hydrogen) atoms. The van der Waals surface area contributed by atoms with Crippen LogP contribution in [0.2, 0.25) is 0 Å². The molecule has 0 amide bonds. The molecule has 1 atom stereocenters. The smallest absolute Gasteiger partial charge is 0.329 e. The first-order chi connectivity index (χ1) is 16.2. The number of carboxylic acid groups (broad SMARTS) is 1. The summed E-state index contributed by atoms with van der Waals surface area (Å²) in [6.07, 6.45) is 4.23. The molecule has 1 N–H and O–H groups in total. The Morgan fingerprint density at radius 1 is 1.15 bits per heavy atom. The number of benzene rings is 2. The SMILES string of the molecule is CCCCC(CC(=O)O)n1c(=O)n(Cc2cn(C)c3cc(C)cc(C)c23)c2ccc(C#N)cc21. The molecule has 0 aliphatic rings. The van der Waals surface area contributed by atoms with Gasteiger partial charge < -0.3 is 9.67 Å². The van der Waals surface area contributed by atoms with Crippen molar-refractivity contribution in [3.05, 3.63) is 69.3 Å². The van der Waals surface area contributed by atoms with Crippen LogP contribution < -0.4 is 5.69 Å². The topological polar surface area (TPSA) is 92.9 Å². The molecule has 4 rings (SSSR count). The molecular weight excluding hydrogens is 428 g/mol. The van der Waals surface area contributed by atoms with Crippen molar-refractivity contribution < 1.29 is 9.90 Å². The number of rotatable bonds is 8. The Morgan fingerprint density at radius 3 is 2.59 bits per heavy atom. The van der Waals surface area contributed by atoms with Crippen LogP contribution in [-0.4, -0.2) is 24.8 Å². The second kappa shape index (κ2) is 9.22. The Kier molecular flexibility index (Phi) is 6.34. The van der Waals surface area contributed by atoms with Gasteiger partial charge in [0.05, 0.1) is 35.6 Å². The third-order valence-electron chi connectivity index (χ3n) is 6.60. The summed E-state index contributed by atoms with van der Waals surface area (Å²) < 4.78 is 5.39. The number of carboxylic acids is 1. The van der Waals surface area contributed by atoms with Crippen molar-refractivity contribution >= 4 is 27.9 Å². The molecule has 0 aliphatic carbocycles. The number of nitriles is 1. The molecule has 4 aromatic rings. The van der Waals surface area contributed by atoms with Crippen molar-refractivity contribution in [1.29, 1.82) is 5.26 Å². The van der Waals surface area contributed by atoms with Gasteiger partial charge in [-0.1, -0.05) is 25.8 Å². The van der Waals surface area contributed by atoms with E-state index in [0.717, 1.165) is 34.9 Å². The van der Waals surface area contributed by atoms with Gasteiger partial charge in [0.25, 0.3) is 0 Å². The molecule has 0 radical (unpaired) electrons. The monoisotopic (exact) mass is 458 g/mol. The predicted octanol–water partition coefficient (Wildman–Crippen LogP) is 5.04. The fraction of sp³-hybridized carbons (Fsp3) is 0.370. The van der Waals surface area contributed by atoms with E-state index in [1.165, 1.54) is 5.56 Å². The van der Waals surface area contributed by atoms with Gasteiger partial charge in [-0.05, 0) is 61.2 Å². The van der Waals surface area contributed by atoms with Crippen molar-refractivity contribution in [3.8, 4) is 6.07 Å². The highest BCUT2D eigenvalue weighted by molar-refractivity contribution is 5.88. The van der Waals surface area contributed by atoms with Crippen molar-refractivity contribution in [3.63, 3.8) is 0 Å². The summed E-state index contributed by atoms with van der Waals surface area (Å²) in [7, 11) is 2.00. The van der Waals surface area contributed by atoms with E-state index in [-0.39, 0.29) is 12.1 Å². The van der Waals surface area contributed by atoms with E-state index in [1.54, 1.807) is 27.3 Å². The first kappa shape index (κ1) is 23.4. The van der Waals surface area contributed by atoms with Gasteiger partial charge >= 0.3 is 11.7 Å². The highest BCUT2D eigenvalue weighted by Crippen LogP contribution is 2.29. The van der Waals surface area contributed by atoms with Gasteiger partial charge in [0.15, 0.2) is 0 Å². The molecule has 2 aromatic carbocycles. The number of nitrogens with zero attached hydrogens (tertiary/aromatic N) is 4. The van der Waals surface area contributed by atoms with Crippen LogP contribution in [0.5, 0.6) is 0 Å². The highest BCUT2D eigenvalue weighted by Gasteiger charge is 2.24. The average molecular weight is 459 g/mol. The van der Waals surface area contributed by atoms with E-state index in [1.807, 2.05) is 14.0 Å². The third-order valence-corrected chi connectivity index (χ3v) is 6.60. The van der Waals surface area contributed by atoms with E-state index in [4.69, 9.17) is 0 Å². The Bertz CT molecular complexity index is 1500. The number of hydrogen-bond donors (Lipinski definition) is 1. The Hall–Kier alpha value is -3.79. The van der Waals surface area contributed by atoms with Crippen LogP contribution >= 0.6 is 0 Å². The van der Waals surface area contributed by atoms with Gasteiger partial charge in [-0.3, -0.25) is 13.9 Å². The summed E-state index contributed by atoms with van der Waals surface area (Å²) in [5.41, 5.74) is 6.00. The molecule has 2 aromatic heterocycles. The standard InChI is InChI=1S/C27H30N4O3/c1-5-6-7-21(13-25(32)33)31-23-12-19(14-28)8-9-22(23)30(27(31)34)16-20-15-29(4)24-11-17(2)10-18(3)26(20)24/h8-12,15,21H,5-7,13,16H2,1-4H3,(H,32,33). The van der Waals surface area contributed by atoms with Crippen LogP contribution in [0, 0.1) is 25.2 Å². The maximum Gasteiger partial charge on any atom is 0.329 e. The van der Waals surface area contributed by atoms with Crippen LogP contribution in [0.1, 0.15) is 60.9 Å². The van der Waals surface area contributed by atoms with Crippen molar-refractivity contribution in [1.82, 2.24) is 13.7 Å². The molecule has 0 bridgehead atoms. The maximum absolute atomic E-state index is 13.8. The largest absolute Gasteiger partial charge is 0.481 e. The summed E-state index contributed by atoms with van der Waals surface area (Å²) in [6, 6.07) is 11.2. The first-order valence-electron chi connectivity index (χ1n) is 11.7. The van der Waals surface area contributed by atoms with Crippen molar-refractivity contribution in [2.75, 3.05) is 0 Å². The number of aromatic nitrogens is 3. The Labute approximate surface area is 198 Å². The quantitative estimate of drug-likeness (QED) is 0.400. The number of aliphatic carboxylic acids is 1. The lowest BCUT2D eigenvalue weighted by Gasteiger charge is -2.16. The second-order valence-corrected chi connectivity index (χ2v) is 9.19. The van der Waals surface area contributed by atoms with Crippen LogP contribution in [0.4, 0.5) is 0 Å². The van der Waals surface area contributed by atoms with Gasteiger partial charge in [0, 0.05) is 30.2 Å². The fourth-order valence-electron chi connectivity index (χ4n) is 5.12. The molecule has 0 saturated heterocycles. The normalized spacial score (nSPS) is 12.3. The van der Waals surface area contributed by atoms with Gasteiger partial charge in [-0.2, -0.15) is 5.26 Å². The lowest BCUT2D eigenvalue weighted by Crippen LogP contribution is -2.29. The molecular formula is C27H30N4O3. The van der Waals surface area contributed by atoms with E-state index in [0.29, 0.717) is 29.6 Å². The molecule has 0 fully saturated rings. The number of hydrogen-bond acceptors (Lipinski definition) is 3. The minimum Gasteiger partial charge on any atom is -0.481 e. The number of imidazole rings is 1. The zero-order valence-electron chi connectivity index (χ0n) is 20.1. The first-order valence-corrected chi connectivity index (χ1v) is 11.7. The van der Waals surface area contributed by atoms with Gasteiger partial charge in [-0.25, -0.2) is 4.79 Å². The summed E-state index contributed by atoms with van der Waals surface area (Å²) in [5, 5.41) is 20.1. The molecule has 2 heterocycles. The Balaban J connectivity index is 1.94. The zero-order valence-corrected chi connectivity index (χ0v) is 20.1. The molecule has 7 nitrogen and oxygen atoms in total. The molecule has 7 heteroatoms. The lowest BCUT2D eigenvalue weighted by molar-refractivity contribution is -0.137. The molecule has 1 unspecified atom stereocenters. The number of aryl methyl sites for hydroxylation is 3. The van der Waals surface area contributed by atoms with Crippen LogP contribution in [0.15, 0.2) is 41.3 Å². The number of fused-ring (bicyclic) bond motifs is 2. The molecule has 176 valence electrons. The maximum atomic E-state index is 13.8. The predicted molar refractivity (Wildman–Crippen MR) is 133 cm³/mol. The molecule has 0 aliphatic heterocycles. The van der Waals surface area contributed by atoms with E-state index < -0.39 is 12.0 Å². The number of unbranched alkanes of at least 4 members (excludes halogenated alkanes) is 1. The summed E-state index contributed by atoms with van der Waals surface area (Å²) in [4.78, 5) is 25.5. The third kappa shape index (κ3) is 4.12. The van der Waals surface area contributed by atoms with Crippen LogP contribution in [-0.2, 0) is 18.4 Å². The average Bonchev–Trinajstić information content (AvgIpc) is 3.24. The van der Waals surface area contributed by atoms with Crippen molar-refractivity contribution in [2.24, 2.45) is 7.05 Å². The summed E-state index contributed by atoms with van der Waals surface area (Å²) >= 11 is 0. The van der Waals surface area contributed by atoms with E-state index in [9.17, 15) is 20.0 Å². The number of carbonyl (C=O) groups is 1. The van der Waals surface area contributed by atoms with Gasteiger partial charge in [-0.15, -0.1) is 0 Å². The van der Waals surface area contributed by atoms with Gasteiger partial charge in [0.2, 0.25) is 0 Å². The summed E-state index contributed by atoms with van der Waals surface area (Å²) in [6.45, 7) is 6.56. The minimum absolute atomic E-state index is 0.136. The Morgan fingerprint density at radius 2 is 1.91 bits per heavy atom. The van der Waals surface area contributed by atoms with Crippen molar-refractivity contribution in [2.45, 2.75) is 59.0 Å². The van der Waals surface area contributed by atoms with Crippen LogP contribution in [0.25, 0.3) is 21.9 Å². The van der Waals surface area contributed by atoms with Gasteiger partial charge in [0.1, 0.15) is 0 Å². The molecule has 0 saturated carbocycles. The zero-order chi connectivity index (χ0) is 24.6. The second-order valence-electron chi connectivity index (χ2n) is 9.19. The molecule has 0 spiro atoms.